The predicted octanol–water partition coefficient (Wildman–Crippen LogP) is 4.82. The molecule has 0 saturated carbocycles. The van der Waals surface area contributed by atoms with Gasteiger partial charge in [0.05, 0.1) is 17.2 Å². The van der Waals surface area contributed by atoms with Gasteiger partial charge in [0.15, 0.2) is 5.82 Å². The topological polar surface area (TPSA) is 68.0 Å². The van der Waals surface area contributed by atoms with Gasteiger partial charge >= 0.3 is 0 Å². The number of rotatable bonds is 5. The monoisotopic (exact) mass is 369 g/mol. The van der Waals surface area contributed by atoms with Crippen LogP contribution in [0.3, 0.4) is 0 Å². The number of nitrogens with zero attached hydrogens (tertiary/aromatic N) is 2. The van der Waals surface area contributed by atoms with E-state index in [2.05, 4.69) is 15.5 Å². The van der Waals surface area contributed by atoms with Gasteiger partial charge in [-0.15, -0.1) is 0 Å². The third kappa shape index (κ3) is 3.69. The molecular formula is C23H19N3O2. The highest BCUT2D eigenvalue weighted by Gasteiger charge is 2.24. The van der Waals surface area contributed by atoms with Crippen molar-refractivity contribution in [3.05, 3.63) is 102 Å². The van der Waals surface area contributed by atoms with Crippen LogP contribution >= 0.6 is 0 Å². The van der Waals surface area contributed by atoms with Crippen LogP contribution in [0.1, 0.15) is 22.9 Å². The first-order valence-electron chi connectivity index (χ1n) is 9.03. The second-order valence-corrected chi connectivity index (χ2v) is 6.44. The van der Waals surface area contributed by atoms with Gasteiger partial charge in [-0.1, -0.05) is 78.0 Å². The maximum absolute atomic E-state index is 13.3. The van der Waals surface area contributed by atoms with E-state index in [4.69, 9.17) is 4.52 Å². The van der Waals surface area contributed by atoms with Crippen molar-refractivity contribution in [1.29, 1.82) is 0 Å². The highest BCUT2D eigenvalue weighted by atomic mass is 16.5. The molecule has 0 aliphatic carbocycles. The Kier molecular flexibility index (Phi) is 4.97. The number of amides is 1. The number of nitrogens with one attached hydrogen (secondary N) is 1. The zero-order valence-corrected chi connectivity index (χ0v) is 15.4. The summed E-state index contributed by atoms with van der Waals surface area (Å²) >= 11 is 0. The van der Waals surface area contributed by atoms with Crippen LogP contribution < -0.4 is 5.32 Å². The SMILES string of the molecule is Cc1noc(-c2ccccc2NC(=O)C(c2ccccc2)c2ccccc2)n1. The molecular weight excluding hydrogens is 350 g/mol. The molecule has 138 valence electrons. The van der Waals surface area contributed by atoms with E-state index in [1.54, 1.807) is 6.92 Å². The molecule has 3 aromatic carbocycles. The van der Waals surface area contributed by atoms with Gasteiger partial charge in [0.2, 0.25) is 5.91 Å². The third-order valence-corrected chi connectivity index (χ3v) is 4.47. The first-order chi connectivity index (χ1) is 13.7. The predicted molar refractivity (Wildman–Crippen MR) is 108 cm³/mol. The van der Waals surface area contributed by atoms with Gasteiger partial charge in [-0.05, 0) is 30.2 Å². The van der Waals surface area contributed by atoms with Gasteiger partial charge < -0.3 is 9.84 Å². The Labute approximate surface area is 163 Å². The molecule has 0 atom stereocenters. The molecule has 28 heavy (non-hydrogen) atoms. The second kappa shape index (κ2) is 7.88. The number of carbonyl (C=O) groups excluding carboxylic acids is 1. The molecule has 5 nitrogen and oxygen atoms in total. The Morgan fingerprint density at radius 1 is 0.857 bits per heavy atom. The van der Waals surface area contributed by atoms with E-state index in [9.17, 15) is 4.79 Å². The number of benzene rings is 3. The number of aromatic nitrogens is 2. The van der Waals surface area contributed by atoms with Crippen LogP contribution in [0.5, 0.6) is 0 Å². The molecule has 1 N–H and O–H groups in total. The Morgan fingerprint density at radius 3 is 2.00 bits per heavy atom. The van der Waals surface area contributed by atoms with Crippen LogP contribution in [0, 0.1) is 6.92 Å². The van der Waals surface area contributed by atoms with Crippen LogP contribution in [-0.2, 0) is 4.79 Å². The molecule has 0 unspecified atom stereocenters. The van der Waals surface area contributed by atoms with Crippen LogP contribution in [0.25, 0.3) is 11.5 Å². The summed E-state index contributed by atoms with van der Waals surface area (Å²) in [6, 6.07) is 26.9. The van der Waals surface area contributed by atoms with E-state index < -0.39 is 5.92 Å². The van der Waals surface area contributed by atoms with Crippen LogP contribution in [0.15, 0.2) is 89.5 Å². The first-order valence-corrected chi connectivity index (χ1v) is 9.03. The lowest BCUT2D eigenvalue weighted by Crippen LogP contribution is -2.22. The molecule has 5 heteroatoms. The summed E-state index contributed by atoms with van der Waals surface area (Å²) in [5.41, 5.74) is 3.18. The molecule has 1 amide bonds. The zero-order chi connectivity index (χ0) is 19.3. The normalized spacial score (nSPS) is 10.8. The minimum Gasteiger partial charge on any atom is -0.334 e. The number of carbonyl (C=O) groups is 1. The lowest BCUT2D eigenvalue weighted by Gasteiger charge is -2.18. The molecule has 0 bridgehead atoms. The van der Waals surface area contributed by atoms with Gasteiger partial charge in [0, 0.05) is 0 Å². The van der Waals surface area contributed by atoms with Crippen molar-refractivity contribution in [2.75, 3.05) is 5.32 Å². The maximum Gasteiger partial charge on any atom is 0.260 e. The zero-order valence-electron chi connectivity index (χ0n) is 15.4. The first kappa shape index (κ1) is 17.7. The minimum atomic E-state index is -0.431. The molecule has 0 saturated heterocycles. The lowest BCUT2D eigenvalue weighted by molar-refractivity contribution is -0.116. The summed E-state index contributed by atoms with van der Waals surface area (Å²) in [6.07, 6.45) is 0. The van der Waals surface area contributed by atoms with E-state index in [-0.39, 0.29) is 5.91 Å². The minimum absolute atomic E-state index is 0.124. The number of para-hydroxylation sites is 1. The van der Waals surface area contributed by atoms with E-state index >= 15 is 0 Å². The van der Waals surface area contributed by atoms with Crippen molar-refractivity contribution < 1.29 is 9.32 Å². The molecule has 0 aliphatic heterocycles. The van der Waals surface area contributed by atoms with Gasteiger partial charge in [0.25, 0.3) is 5.89 Å². The highest BCUT2D eigenvalue weighted by molar-refractivity contribution is 6.00. The van der Waals surface area contributed by atoms with E-state index in [0.29, 0.717) is 23.0 Å². The largest absolute Gasteiger partial charge is 0.334 e. The Morgan fingerprint density at radius 2 is 1.43 bits per heavy atom. The summed E-state index contributed by atoms with van der Waals surface area (Å²) in [7, 11) is 0. The average molecular weight is 369 g/mol. The standard InChI is InChI=1S/C23H19N3O2/c1-16-24-23(28-26-16)19-14-8-9-15-20(19)25-22(27)21(17-10-4-2-5-11-17)18-12-6-3-7-13-18/h2-15,21H,1H3,(H,25,27). The number of hydrogen-bond donors (Lipinski definition) is 1. The van der Waals surface area contributed by atoms with E-state index in [1.165, 1.54) is 0 Å². The third-order valence-electron chi connectivity index (χ3n) is 4.47. The Bertz CT molecular complexity index is 1040. The fourth-order valence-electron chi connectivity index (χ4n) is 3.18. The van der Waals surface area contributed by atoms with Gasteiger partial charge in [-0.2, -0.15) is 4.98 Å². The average Bonchev–Trinajstić information content (AvgIpc) is 3.16. The Hall–Kier alpha value is -3.73. The lowest BCUT2D eigenvalue weighted by atomic mass is 9.90. The second-order valence-electron chi connectivity index (χ2n) is 6.44. The molecule has 1 aromatic heterocycles. The van der Waals surface area contributed by atoms with Gasteiger partial charge in [-0.25, -0.2) is 0 Å². The summed E-state index contributed by atoms with van der Waals surface area (Å²) in [6.45, 7) is 1.76. The van der Waals surface area contributed by atoms with Gasteiger partial charge in [-0.3, -0.25) is 4.79 Å². The van der Waals surface area contributed by atoms with Crippen molar-refractivity contribution in [3.8, 4) is 11.5 Å². The summed E-state index contributed by atoms with van der Waals surface area (Å²) in [5.74, 6) is 0.368. The summed E-state index contributed by atoms with van der Waals surface area (Å²) in [4.78, 5) is 17.6. The van der Waals surface area contributed by atoms with Gasteiger partial charge in [0.1, 0.15) is 0 Å². The van der Waals surface area contributed by atoms with Crippen molar-refractivity contribution in [1.82, 2.24) is 10.1 Å². The summed E-state index contributed by atoms with van der Waals surface area (Å²) in [5, 5.41) is 6.89. The number of hydrogen-bond acceptors (Lipinski definition) is 4. The number of aryl methyl sites for hydroxylation is 1. The molecule has 0 spiro atoms. The highest BCUT2D eigenvalue weighted by Crippen LogP contribution is 2.30. The Balaban J connectivity index is 1.70. The maximum atomic E-state index is 13.3. The molecule has 4 aromatic rings. The van der Waals surface area contributed by atoms with Crippen molar-refractivity contribution in [2.45, 2.75) is 12.8 Å². The molecule has 0 radical (unpaired) electrons. The van der Waals surface area contributed by atoms with Crippen LogP contribution in [-0.4, -0.2) is 16.0 Å². The molecule has 0 aliphatic rings. The summed E-state index contributed by atoms with van der Waals surface area (Å²) < 4.78 is 5.29. The molecule has 4 rings (SSSR count). The molecule has 1 heterocycles. The fraction of sp³-hybridized carbons (Fsp3) is 0.0870. The van der Waals surface area contributed by atoms with E-state index in [1.807, 2.05) is 84.9 Å². The van der Waals surface area contributed by atoms with Crippen molar-refractivity contribution >= 4 is 11.6 Å². The fourth-order valence-corrected chi connectivity index (χ4v) is 3.18. The quantitative estimate of drug-likeness (QED) is 0.548. The smallest absolute Gasteiger partial charge is 0.260 e. The van der Waals surface area contributed by atoms with Crippen molar-refractivity contribution in [3.63, 3.8) is 0 Å². The van der Waals surface area contributed by atoms with Crippen molar-refractivity contribution in [2.24, 2.45) is 0 Å². The van der Waals surface area contributed by atoms with Crippen LogP contribution in [0.2, 0.25) is 0 Å². The van der Waals surface area contributed by atoms with Crippen LogP contribution in [0.4, 0.5) is 5.69 Å². The number of anilines is 1. The van der Waals surface area contributed by atoms with E-state index in [0.717, 1.165) is 11.1 Å². The molecule has 0 fully saturated rings.